The second-order valence-electron chi connectivity index (χ2n) is 12.1. The Hall–Kier alpha value is -6.31. The Morgan fingerprint density at radius 3 is 0.750 bits per heavy atom. The predicted octanol–water partition coefficient (Wildman–Crippen LogP) is 12.8. The quantitative estimate of drug-likeness (QED) is 0.175. The lowest BCUT2D eigenvalue weighted by Crippen LogP contribution is -1.93. The van der Waals surface area contributed by atoms with E-state index in [9.17, 15) is 0 Å². The highest BCUT2D eigenvalue weighted by Gasteiger charge is 2.14. The Balaban J connectivity index is 1.36. The molecule has 8 aromatic rings. The van der Waals surface area contributed by atoms with Crippen LogP contribution in [-0.4, -0.2) is 4.98 Å². The van der Waals surface area contributed by atoms with E-state index >= 15 is 0 Å². The van der Waals surface area contributed by atoms with E-state index in [0.29, 0.717) is 0 Å². The van der Waals surface area contributed by atoms with Crippen LogP contribution in [0.2, 0.25) is 0 Å². The molecule has 0 fully saturated rings. The van der Waals surface area contributed by atoms with Gasteiger partial charge in [-0.2, -0.15) is 0 Å². The van der Waals surface area contributed by atoms with E-state index in [0.717, 1.165) is 44.8 Å². The average molecular weight is 612 g/mol. The van der Waals surface area contributed by atoms with Gasteiger partial charge in [0.2, 0.25) is 0 Å². The van der Waals surface area contributed by atoms with E-state index in [1.165, 1.54) is 33.4 Å². The third-order valence-electron chi connectivity index (χ3n) is 8.82. The third-order valence-corrected chi connectivity index (χ3v) is 8.82. The van der Waals surface area contributed by atoms with E-state index < -0.39 is 0 Å². The van der Waals surface area contributed by atoms with E-state index in [2.05, 4.69) is 200 Å². The van der Waals surface area contributed by atoms with Crippen molar-refractivity contribution in [1.29, 1.82) is 0 Å². The van der Waals surface area contributed by atoms with Gasteiger partial charge < -0.3 is 0 Å². The molecular weight excluding hydrogens is 579 g/mol. The molecule has 0 unspecified atom stereocenters. The maximum Gasteiger partial charge on any atom is 0.0716 e. The fraction of sp³-hybridized carbons (Fsp3) is 0. The molecule has 0 bridgehead atoms. The molecule has 0 radical (unpaired) electrons. The third kappa shape index (κ3) is 6.23. The van der Waals surface area contributed by atoms with Crippen LogP contribution in [0.4, 0.5) is 0 Å². The first-order valence-corrected chi connectivity index (χ1v) is 16.4. The number of nitrogens with zero attached hydrogens (tertiary/aromatic N) is 1. The highest BCUT2D eigenvalue weighted by molar-refractivity contribution is 5.86. The zero-order valence-electron chi connectivity index (χ0n) is 26.5. The van der Waals surface area contributed by atoms with Crippen LogP contribution >= 0.6 is 0 Å². The molecular formula is C47H33N. The lowest BCUT2D eigenvalue weighted by molar-refractivity contribution is 1.32. The summed E-state index contributed by atoms with van der Waals surface area (Å²) in [6.45, 7) is 0. The van der Waals surface area contributed by atoms with Crippen molar-refractivity contribution in [2.24, 2.45) is 0 Å². The number of hydrogen-bond acceptors (Lipinski definition) is 1. The van der Waals surface area contributed by atoms with E-state index in [4.69, 9.17) is 4.98 Å². The zero-order valence-corrected chi connectivity index (χ0v) is 26.5. The van der Waals surface area contributed by atoms with Crippen LogP contribution in [0.25, 0.3) is 78.1 Å². The van der Waals surface area contributed by atoms with Gasteiger partial charge in [0, 0.05) is 11.1 Å². The summed E-state index contributed by atoms with van der Waals surface area (Å²) in [5.41, 5.74) is 15.8. The lowest BCUT2D eigenvalue weighted by atomic mass is 9.91. The Bertz CT molecular complexity index is 2030. The van der Waals surface area contributed by atoms with Gasteiger partial charge >= 0.3 is 0 Å². The Labute approximate surface area is 282 Å². The summed E-state index contributed by atoms with van der Waals surface area (Å²) in [6, 6.07) is 71.2. The topological polar surface area (TPSA) is 12.9 Å². The minimum absolute atomic E-state index is 0.938. The standard InChI is InChI=1S/C47H33N/c1-6-16-34(17-7-1)39-26-40(35-18-8-2-9-19-35)29-43(28-39)44-32-46(38-24-14-5-15-25-38)48-47(33-44)45-30-41(36-20-10-3-11-21-36)27-42(31-45)37-22-12-4-13-23-37/h1-33H. The molecule has 226 valence electrons. The number of benzene rings is 7. The van der Waals surface area contributed by atoms with E-state index in [1.54, 1.807) is 0 Å². The van der Waals surface area contributed by atoms with Crippen molar-refractivity contribution in [3.63, 3.8) is 0 Å². The molecule has 0 atom stereocenters. The van der Waals surface area contributed by atoms with Gasteiger partial charge in [0.15, 0.2) is 0 Å². The molecule has 0 aliphatic heterocycles. The van der Waals surface area contributed by atoms with Gasteiger partial charge in [0.25, 0.3) is 0 Å². The van der Waals surface area contributed by atoms with Crippen molar-refractivity contribution < 1.29 is 0 Å². The minimum Gasteiger partial charge on any atom is -0.248 e. The van der Waals surface area contributed by atoms with E-state index in [1.807, 2.05) is 0 Å². The summed E-state index contributed by atoms with van der Waals surface area (Å²) in [6.07, 6.45) is 0. The van der Waals surface area contributed by atoms with Gasteiger partial charge in [0.05, 0.1) is 11.4 Å². The smallest absolute Gasteiger partial charge is 0.0716 e. The number of rotatable bonds is 7. The Morgan fingerprint density at radius 1 is 0.188 bits per heavy atom. The van der Waals surface area contributed by atoms with Crippen LogP contribution in [0.5, 0.6) is 0 Å². The molecule has 0 N–H and O–H groups in total. The molecule has 8 rings (SSSR count). The van der Waals surface area contributed by atoms with Crippen molar-refractivity contribution in [1.82, 2.24) is 4.98 Å². The van der Waals surface area contributed by atoms with Crippen molar-refractivity contribution in [3.05, 3.63) is 200 Å². The number of pyridine rings is 1. The van der Waals surface area contributed by atoms with Crippen LogP contribution < -0.4 is 0 Å². The fourth-order valence-corrected chi connectivity index (χ4v) is 6.36. The highest BCUT2D eigenvalue weighted by atomic mass is 14.7. The molecule has 0 aliphatic rings. The summed E-state index contributed by atoms with van der Waals surface area (Å²) < 4.78 is 0. The molecule has 1 aromatic heterocycles. The van der Waals surface area contributed by atoms with Crippen molar-refractivity contribution in [2.75, 3.05) is 0 Å². The first-order valence-electron chi connectivity index (χ1n) is 16.4. The van der Waals surface area contributed by atoms with Gasteiger partial charge in [0.1, 0.15) is 0 Å². The molecule has 1 heterocycles. The molecule has 0 amide bonds. The minimum atomic E-state index is 0.938. The SMILES string of the molecule is c1ccc(-c2cc(-c3ccccc3)cc(-c3cc(-c4ccccc4)nc(-c4cc(-c5ccccc5)cc(-c5ccccc5)c4)c3)c2)cc1. The molecule has 1 heteroatoms. The lowest BCUT2D eigenvalue weighted by Gasteiger charge is -2.15. The molecule has 48 heavy (non-hydrogen) atoms. The van der Waals surface area contributed by atoms with Crippen LogP contribution in [0.15, 0.2) is 200 Å². The zero-order chi connectivity index (χ0) is 32.1. The van der Waals surface area contributed by atoms with Crippen LogP contribution in [-0.2, 0) is 0 Å². The van der Waals surface area contributed by atoms with Crippen LogP contribution in [0.3, 0.4) is 0 Å². The van der Waals surface area contributed by atoms with Crippen LogP contribution in [0, 0.1) is 0 Å². The van der Waals surface area contributed by atoms with Gasteiger partial charge in [-0.05, 0) is 104 Å². The highest BCUT2D eigenvalue weighted by Crippen LogP contribution is 2.38. The van der Waals surface area contributed by atoms with Gasteiger partial charge in [-0.1, -0.05) is 152 Å². The summed E-state index contributed by atoms with van der Waals surface area (Å²) in [4.78, 5) is 5.33. The summed E-state index contributed by atoms with van der Waals surface area (Å²) in [7, 11) is 0. The largest absolute Gasteiger partial charge is 0.248 e. The molecule has 0 spiro atoms. The fourth-order valence-electron chi connectivity index (χ4n) is 6.36. The number of aromatic nitrogens is 1. The molecule has 0 aliphatic carbocycles. The molecule has 7 aromatic carbocycles. The number of hydrogen-bond donors (Lipinski definition) is 0. The molecule has 1 nitrogen and oxygen atoms in total. The maximum absolute atomic E-state index is 5.33. The van der Waals surface area contributed by atoms with Crippen molar-refractivity contribution in [2.45, 2.75) is 0 Å². The molecule has 0 saturated heterocycles. The van der Waals surface area contributed by atoms with Gasteiger partial charge in [-0.15, -0.1) is 0 Å². The second-order valence-corrected chi connectivity index (χ2v) is 12.1. The second kappa shape index (κ2) is 13.2. The first-order chi connectivity index (χ1) is 23.8. The predicted molar refractivity (Wildman–Crippen MR) is 202 cm³/mol. The van der Waals surface area contributed by atoms with E-state index in [-0.39, 0.29) is 0 Å². The Morgan fingerprint density at radius 2 is 0.417 bits per heavy atom. The normalized spacial score (nSPS) is 10.9. The maximum atomic E-state index is 5.33. The van der Waals surface area contributed by atoms with Crippen molar-refractivity contribution >= 4 is 0 Å². The first kappa shape index (κ1) is 29.1. The Kier molecular flexibility index (Phi) is 8.01. The van der Waals surface area contributed by atoms with Gasteiger partial charge in [-0.3, -0.25) is 0 Å². The van der Waals surface area contributed by atoms with Crippen LogP contribution in [0.1, 0.15) is 0 Å². The monoisotopic (exact) mass is 611 g/mol. The summed E-state index contributed by atoms with van der Waals surface area (Å²) in [5.74, 6) is 0. The van der Waals surface area contributed by atoms with Crippen molar-refractivity contribution in [3.8, 4) is 78.1 Å². The summed E-state index contributed by atoms with van der Waals surface area (Å²) >= 11 is 0. The summed E-state index contributed by atoms with van der Waals surface area (Å²) in [5, 5.41) is 0. The van der Waals surface area contributed by atoms with Gasteiger partial charge in [-0.25, -0.2) is 4.98 Å². The molecule has 0 saturated carbocycles. The average Bonchev–Trinajstić information content (AvgIpc) is 3.19.